The van der Waals surface area contributed by atoms with Gasteiger partial charge in [0.05, 0.1) is 0 Å². The quantitative estimate of drug-likeness (QED) is 0.603. The van der Waals surface area contributed by atoms with Crippen molar-refractivity contribution in [2.24, 2.45) is 0 Å². The van der Waals surface area contributed by atoms with E-state index in [2.05, 4.69) is 88.4 Å². The molecule has 0 saturated carbocycles. The van der Waals surface area contributed by atoms with Gasteiger partial charge in [-0.2, -0.15) is 0 Å². The molecule has 1 radical (unpaired) electrons. The van der Waals surface area contributed by atoms with Gasteiger partial charge in [-0.3, -0.25) is 0 Å². The van der Waals surface area contributed by atoms with Gasteiger partial charge in [0.15, 0.2) is 0 Å². The minimum absolute atomic E-state index is 0. The van der Waals surface area contributed by atoms with Gasteiger partial charge in [-0.15, -0.1) is 0 Å². The number of nitrogens with zero attached hydrogens (tertiary/aromatic N) is 1. The Morgan fingerprint density at radius 1 is 0.630 bits per heavy atom. The Morgan fingerprint density at radius 3 is 1.22 bits per heavy atom. The number of aryl methyl sites for hydroxylation is 6. The number of hydrogen-bond acceptors (Lipinski definition) is 3. The Bertz CT molecular complexity index is 646. The van der Waals surface area contributed by atoms with E-state index < -0.39 is 0 Å². The first-order valence-corrected chi connectivity index (χ1v) is 9.60. The third-order valence-electron chi connectivity index (χ3n) is 4.94. The normalized spacial score (nSPS) is 10.7. The molecule has 2 aromatic carbocycles. The molecule has 2 rings (SSSR count). The van der Waals surface area contributed by atoms with E-state index in [0.29, 0.717) is 0 Å². The predicted octanol–water partition coefficient (Wildman–Crippen LogP) is 4.99. The zero-order chi connectivity index (χ0) is 19.3. The molecule has 0 unspecified atom stereocenters. The van der Waals surface area contributed by atoms with E-state index in [1.54, 1.807) is 0 Å². The van der Waals surface area contributed by atoms with Gasteiger partial charge < -0.3 is 15.5 Å². The second-order valence-electron chi connectivity index (χ2n) is 7.70. The molecule has 0 aliphatic heterocycles. The SMILES string of the molecule is Cc1cc(C)c(NCCN(C)CCNc2c(C)cc(C)cc2C)c(C)c1.[Mn]. The molecule has 0 aromatic heterocycles. The molecule has 0 fully saturated rings. The third kappa shape index (κ3) is 6.88. The molecule has 0 aliphatic carbocycles. The van der Waals surface area contributed by atoms with Crippen molar-refractivity contribution in [3.05, 3.63) is 57.6 Å². The summed E-state index contributed by atoms with van der Waals surface area (Å²) in [7, 11) is 2.19. The van der Waals surface area contributed by atoms with Crippen molar-refractivity contribution in [3.8, 4) is 0 Å². The maximum Gasteiger partial charge on any atom is 0.0400 e. The van der Waals surface area contributed by atoms with Crippen LogP contribution in [-0.2, 0) is 17.1 Å². The molecule has 0 aliphatic rings. The minimum atomic E-state index is 0. The molecule has 0 bridgehead atoms. The molecule has 0 atom stereocenters. The van der Waals surface area contributed by atoms with Crippen LogP contribution >= 0.6 is 0 Å². The average Bonchev–Trinajstić information content (AvgIpc) is 2.52. The zero-order valence-corrected chi connectivity index (χ0v) is 19.1. The molecule has 0 amide bonds. The van der Waals surface area contributed by atoms with Crippen molar-refractivity contribution >= 4 is 11.4 Å². The first-order chi connectivity index (χ1) is 12.3. The smallest absolute Gasteiger partial charge is 0.0400 e. The first kappa shape index (κ1) is 23.6. The standard InChI is InChI=1S/C23H35N3.Mn/c1-16-12-18(3)22(19(4)13-16)24-8-10-26(7)11-9-25-23-20(5)14-17(2)15-21(23)6;/h12-15,24-25H,8-11H2,1-7H3;. The van der Waals surface area contributed by atoms with Gasteiger partial charge in [0.1, 0.15) is 0 Å². The summed E-state index contributed by atoms with van der Waals surface area (Å²) in [4.78, 5) is 2.37. The summed E-state index contributed by atoms with van der Waals surface area (Å²) < 4.78 is 0. The van der Waals surface area contributed by atoms with Crippen LogP contribution in [0.5, 0.6) is 0 Å². The number of hydrogen-bond donors (Lipinski definition) is 2. The van der Waals surface area contributed by atoms with E-state index in [9.17, 15) is 0 Å². The Morgan fingerprint density at radius 2 is 0.926 bits per heavy atom. The number of likely N-dealkylation sites (N-methyl/N-ethyl adjacent to an activating group) is 1. The molecule has 2 N–H and O–H groups in total. The van der Waals surface area contributed by atoms with Crippen LogP contribution in [0.3, 0.4) is 0 Å². The summed E-state index contributed by atoms with van der Waals surface area (Å²) in [5.74, 6) is 0. The molecular formula is C23H35MnN3. The van der Waals surface area contributed by atoms with Crippen molar-refractivity contribution in [2.45, 2.75) is 41.5 Å². The molecule has 27 heavy (non-hydrogen) atoms. The second-order valence-corrected chi connectivity index (χ2v) is 7.70. The van der Waals surface area contributed by atoms with Gasteiger partial charge in [-0.1, -0.05) is 35.4 Å². The molecule has 2 aromatic rings. The molecular weight excluding hydrogens is 373 g/mol. The van der Waals surface area contributed by atoms with Crippen molar-refractivity contribution < 1.29 is 17.1 Å². The van der Waals surface area contributed by atoms with E-state index in [4.69, 9.17) is 0 Å². The molecule has 4 heteroatoms. The number of rotatable bonds is 8. The summed E-state index contributed by atoms with van der Waals surface area (Å²) in [6.07, 6.45) is 0. The minimum Gasteiger partial charge on any atom is -0.383 e. The predicted molar refractivity (Wildman–Crippen MR) is 116 cm³/mol. The molecule has 0 spiro atoms. The fraction of sp³-hybridized carbons (Fsp3) is 0.478. The molecule has 149 valence electrons. The van der Waals surface area contributed by atoms with E-state index in [0.717, 1.165) is 26.2 Å². The van der Waals surface area contributed by atoms with Gasteiger partial charge in [-0.05, 0) is 70.8 Å². The second kappa shape index (κ2) is 10.8. The van der Waals surface area contributed by atoms with Crippen molar-refractivity contribution in [1.29, 1.82) is 0 Å². The van der Waals surface area contributed by atoms with Crippen molar-refractivity contribution in [1.82, 2.24) is 4.90 Å². The van der Waals surface area contributed by atoms with Gasteiger partial charge >= 0.3 is 0 Å². The summed E-state index contributed by atoms with van der Waals surface area (Å²) in [6.45, 7) is 17.0. The van der Waals surface area contributed by atoms with E-state index in [1.165, 1.54) is 44.8 Å². The van der Waals surface area contributed by atoms with Crippen LogP contribution in [0, 0.1) is 41.5 Å². The summed E-state index contributed by atoms with van der Waals surface area (Å²) in [5.41, 5.74) is 10.6. The van der Waals surface area contributed by atoms with Gasteiger partial charge in [0.25, 0.3) is 0 Å². The van der Waals surface area contributed by atoms with E-state index in [-0.39, 0.29) is 17.1 Å². The maximum atomic E-state index is 3.61. The van der Waals surface area contributed by atoms with Gasteiger partial charge in [-0.25, -0.2) is 0 Å². The molecule has 0 heterocycles. The fourth-order valence-electron chi connectivity index (χ4n) is 3.77. The Labute approximate surface area is 176 Å². The Balaban J connectivity index is 0.00000364. The Hall–Kier alpha value is -1.48. The first-order valence-electron chi connectivity index (χ1n) is 9.60. The number of anilines is 2. The summed E-state index contributed by atoms with van der Waals surface area (Å²) in [5, 5.41) is 7.22. The topological polar surface area (TPSA) is 27.3 Å². The third-order valence-corrected chi connectivity index (χ3v) is 4.94. The van der Waals surface area contributed by atoms with Crippen LogP contribution in [0.2, 0.25) is 0 Å². The summed E-state index contributed by atoms with van der Waals surface area (Å²) >= 11 is 0. The van der Waals surface area contributed by atoms with Crippen LogP contribution in [0.1, 0.15) is 33.4 Å². The van der Waals surface area contributed by atoms with Crippen LogP contribution in [0.15, 0.2) is 24.3 Å². The van der Waals surface area contributed by atoms with Crippen molar-refractivity contribution in [2.75, 3.05) is 43.9 Å². The molecule has 0 saturated heterocycles. The maximum absolute atomic E-state index is 3.61. The average molecular weight is 408 g/mol. The number of nitrogens with one attached hydrogen (secondary N) is 2. The zero-order valence-electron chi connectivity index (χ0n) is 18.0. The van der Waals surface area contributed by atoms with Crippen LogP contribution in [-0.4, -0.2) is 38.1 Å². The van der Waals surface area contributed by atoms with Crippen LogP contribution in [0.25, 0.3) is 0 Å². The monoisotopic (exact) mass is 408 g/mol. The number of benzene rings is 2. The molecule has 3 nitrogen and oxygen atoms in total. The van der Waals surface area contributed by atoms with Gasteiger partial charge in [0.2, 0.25) is 0 Å². The fourth-order valence-corrected chi connectivity index (χ4v) is 3.77. The Kier molecular flexibility index (Phi) is 9.38. The van der Waals surface area contributed by atoms with Crippen molar-refractivity contribution in [3.63, 3.8) is 0 Å². The van der Waals surface area contributed by atoms with E-state index in [1.807, 2.05) is 0 Å². The van der Waals surface area contributed by atoms with Crippen LogP contribution in [0.4, 0.5) is 11.4 Å². The summed E-state index contributed by atoms with van der Waals surface area (Å²) in [6, 6.07) is 8.98. The largest absolute Gasteiger partial charge is 0.383 e. The van der Waals surface area contributed by atoms with Crippen LogP contribution < -0.4 is 10.6 Å². The van der Waals surface area contributed by atoms with Gasteiger partial charge in [0, 0.05) is 54.6 Å². The van der Waals surface area contributed by atoms with E-state index >= 15 is 0 Å².